The van der Waals surface area contributed by atoms with Crippen LogP contribution in [0, 0.1) is 0 Å². The molecule has 0 unspecified atom stereocenters. The molecular formula is C20H19N3O2. The predicted octanol–water partition coefficient (Wildman–Crippen LogP) is 3.89. The van der Waals surface area contributed by atoms with Crippen LogP contribution in [0.4, 0.5) is 0 Å². The lowest BCUT2D eigenvalue weighted by molar-refractivity contribution is 0.0643. The topological polar surface area (TPSA) is 47.4 Å². The second kappa shape index (κ2) is 6.43. The summed E-state index contributed by atoms with van der Waals surface area (Å²) in [6.45, 7) is 3.60. The number of ether oxygens (including phenoxy) is 1. The molecule has 0 saturated carbocycles. The molecule has 126 valence electrons. The van der Waals surface area contributed by atoms with E-state index < -0.39 is 0 Å². The van der Waals surface area contributed by atoms with E-state index in [-0.39, 0.29) is 11.9 Å². The molecule has 1 aliphatic rings. The molecule has 2 aromatic heterocycles. The Morgan fingerprint density at radius 1 is 1.08 bits per heavy atom. The van der Waals surface area contributed by atoms with Gasteiger partial charge in [0.25, 0.3) is 5.91 Å². The number of carbonyl (C=O) groups excluding carboxylic acids is 1. The van der Waals surface area contributed by atoms with Gasteiger partial charge in [-0.05, 0) is 49.4 Å². The molecule has 1 aromatic carbocycles. The van der Waals surface area contributed by atoms with E-state index in [9.17, 15) is 4.79 Å². The van der Waals surface area contributed by atoms with Gasteiger partial charge in [-0.15, -0.1) is 0 Å². The maximum Gasteiger partial charge on any atom is 0.254 e. The Bertz CT molecular complexity index is 889. The first-order valence-electron chi connectivity index (χ1n) is 8.36. The van der Waals surface area contributed by atoms with Crippen LogP contribution in [0.2, 0.25) is 0 Å². The lowest BCUT2D eigenvalue weighted by atomic mass is 10.1. The van der Waals surface area contributed by atoms with Crippen LogP contribution < -0.4 is 4.74 Å². The van der Waals surface area contributed by atoms with Crippen molar-refractivity contribution in [1.82, 2.24) is 14.5 Å². The molecule has 25 heavy (non-hydrogen) atoms. The summed E-state index contributed by atoms with van der Waals surface area (Å²) in [5.41, 5.74) is 1.81. The van der Waals surface area contributed by atoms with Crippen molar-refractivity contribution in [3.63, 3.8) is 0 Å². The molecule has 5 nitrogen and oxygen atoms in total. The molecule has 3 aromatic rings. The number of fused-ring (bicyclic) bond motifs is 1. The molecule has 5 heteroatoms. The highest BCUT2D eigenvalue weighted by Gasteiger charge is 2.28. The van der Waals surface area contributed by atoms with E-state index in [0.29, 0.717) is 23.6 Å². The van der Waals surface area contributed by atoms with Gasteiger partial charge >= 0.3 is 0 Å². The van der Waals surface area contributed by atoms with Crippen LogP contribution in [0.25, 0.3) is 0 Å². The standard InChI is InChI=1S/C20H19N3O2/c1-15-19-6-3-11-22(19)12-13-23(15)20(24)16-4-2-5-18(14-16)25-17-7-9-21-10-8-17/h2-11,14-15H,12-13H2,1H3/t15-/m1/s1. The van der Waals surface area contributed by atoms with E-state index in [4.69, 9.17) is 4.74 Å². The molecule has 1 amide bonds. The lowest BCUT2D eigenvalue weighted by Crippen LogP contribution is -2.40. The lowest BCUT2D eigenvalue weighted by Gasteiger charge is -2.35. The first-order chi connectivity index (χ1) is 12.2. The summed E-state index contributed by atoms with van der Waals surface area (Å²) < 4.78 is 8.02. The monoisotopic (exact) mass is 333 g/mol. The minimum Gasteiger partial charge on any atom is -0.457 e. The Balaban J connectivity index is 1.56. The van der Waals surface area contributed by atoms with Gasteiger partial charge in [0.2, 0.25) is 0 Å². The van der Waals surface area contributed by atoms with E-state index >= 15 is 0 Å². The second-order valence-electron chi connectivity index (χ2n) is 6.11. The average Bonchev–Trinajstić information content (AvgIpc) is 3.12. The molecule has 0 radical (unpaired) electrons. The fraction of sp³-hybridized carbons (Fsp3) is 0.200. The van der Waals surface area contributed by atoms with Gasteiger partial charge in [-0.2, -0.15) is 0 Å². The third-order valence-corrected chi connectivity index (χ3v) is 4.57. The zero-order chi connectivity index (χ0) is 17.2. The van der Waals surface area contributed by atoms with Crippen LogP contribution in [0.5, 0.6) is 11.5 Å². The smallest absolute Gasteiger partial charge is 0.254 e. The van der Waals surface area contributed by atoms with Gasteiger partial charge in [0, 0.05) is 42.9 Å². The predicted molar refractivity (Wildman–Crippen MR) is 94.6 cm³/mol. The van der Waals surface area contributed by atoms with Gasteiger partial charge in [0.1, 0.15) is 11.5 Å². The average molecular weight is 333 g/mol. The second-order valence-corrected chi connectivity index (χ2v) is 6.11. The molecule has 4 rings (SSSR count). The molecule has 3 heterocycles. The van der Waals surface area contributed by atoms with Gasteiger partial charge in [0.05, 0.1) is 6.04 Å². The molecule has 0 spiro atoms. The number of benzene rings is 1. The number of amides is 1. The van der Waals surface area contributed by atoms with E-state index in [0.717, 1.165) is 6.54 Å². The summed E-state index contributed by atoms with van der Waals surface area (Å²) in [4.78, 5) is 18.9. The van der Waals surface area contributed by atoms with Crippen molar-refractivity contribution >= 4 is 5.91 Å². The summed E-state index contributed by atoms with van der Waals surface area (Å²) in [5, 5.41) is 0. The summed E-state index contributed by atoms with van der Waals surface area (Å²) in [5.74, 6) is 1.37. The Kier molecular flexibility index (Phi) is 3.98. The Morgan fingerprint density at radius 2 is 1.92 bits per heavy atom. The van der Waals surface area contributed by atoms with Gasteiger partial charge in [-0.1, -0.05) is 6.07 Å². The number of hydrogen-bond acceptors (Lipinski definition) is 3. The maximum atomic E-state index is 13.0. The van der Waals surface area contributed by atoms with Crippen molar-refractivity contribution in [1.29, 1.82) is 0 Å². The Labute approximate surface area is 146 Å². The van der Waals surface area contributed by atoms with E-state index in [1.807, 2.05) is 29.2 Å². The zero-order valence-electron chi connectivity index (χ0n) is 14.0. The largest absolute Gasteiger partial charge is 0.457 e. The normalized spacial score (nSPS) is 16.4. The molecule has 0 bridgehead atoms. The SMILES string of the molecule is C[C@@H]1c2cccn2CCN1C(=O)c1cccc(Oc2ccncc2)c1. The number of rotatable bonds is 3. The van der Waals surface area contributed by atoms with E-state index in [1.54, 1.807) is 30.6 Å². The molecule has 0 aliphatic carbocycles. The van der Waals surface area contributed by atoms with Crippen molar-refractivity contribution in [3.8, 4) is 11.5 Å². The number of aromatic nitrogens is 2. The third-order valence-electron chi connectivity index (χ3n) is 4.57. The quantitative estimate of drug-likeness (QED) is 0.730. The highest BCUT2D eigenvalue weighted by atomic mass is 16.5. The zero-order valence-corrected chi connectivity index (χ0v) is 14.0. The van der Waals surface area contributed by atoms with Crippen LogP contribution in [0.3, 0.4) is 0 Å². The Hall–Kier alpha value is -3.08. The first kappa shape index (κ1) is 15.4. The minimum absolute atomic E-state index is 0.0279. The minimum atomic E-state index is 0.0279. The summed E-state index contributed by atoms with van der Waals surface area (Å²) >= 11 is 0. The fourth-order valence-corrected chi connectivity index (χ4v) is 3.26. The highest BCUT2D eigenvalue weighted by Crippen LogP contribution is 2.28. The molecule has 1 atom stereocenters. The summed E-state index contributed by atoms with van der Waals surface area (Å²) in [6, 6.07) is 15.1. The highest BCUT2D eigenvalue weighted by molar-refractivity contribution is 5.95. The molecule has 1 aliphatic heterocycles. The Morgan fingerprint density at radius 3 is 2.76 bits per heavy atom. The van der Waals surface area contributed by atoms with Gasteiger partial charge in [-0.25, -0.2) is 0 Å². The fourth-order valence-electron chi connectivity index (χ4n) is 3.26. The molecule has 0 N–H and O–H groups in total. The van der Waals surface area contributed by atoms with Crippen molar-refractivity contribution in [2.24, 2.45) is 0 Å². The summed E-state index contributed by atoms with van der Waals surface area (Å²) in [6.07, 6.45) is 5.42. The van der Waals surface area contributed by atoms with Crippen LogP contribution >= 0.6 is 0 Å². The first-order valence-corrected chi connectivity index (χ1v) is 8.36. The number of pyridine rings is 1. The number of carbonyl (C=O) groups is 1. The van der Waals surface area contributed by atoms with Crippen LogP contribution in [0.15, 0.2) is 67.1 Å². The van der Waals surface area contributed by atoms with Gasteiger partial charge in [0.15, 0.2) is 0 Å². The summed E-state index contributed by atoms with van der Waals surface area (Å²) in [7, 11) is 0. The number of hydrogen-bond donors (Lipinski definition) is 0. The van der Waals surface area contributed by atoms with Crippen LogP contribution in [-0.4, -0.2) is 26.9 Å². The third kappa shape index (κ3) is 3.01. The maximum absolute atomic E-state index is 13.0. The van der Waals surface area contributed by atoms with E-state index in [1.165, 1.54) is 5.69 Å². The molecule has 0 fully saturated rings. The van der Waals surface area contributed by atoms with Crippen molar-refractivity contribution in [3.05, 3.63) is 78.4 Å². The van der Waals surface area contributed by atoms with Gasteiger partial charge in [-0.3, -0.25) is 9.78 Å². The van der Waals surface area contributed by atoms with Crippen molar-refractivity contribution in [2.45, 2.75) is 19.5 Å². The number of nitrogens with zero attached hydrogens (tertiary/aromatic N) is 3. The molecular weight excluding hydrogens is 314 g/mol. The van der Waals surface area contributed by atoms with Gasteiger partial charge < -0.3 is 14.2 Å². The van der Waals surface area contributed by atoms with E-state index in [2.05, 4.69) is 28.7 Å². The molecule has 0 saturated heterocycles. The van der Waals surface area contributed by atoms with Crippen LogP contribution in [-0.2, 0) is 6.54 Å². The van der Waals surface area contributed by atoms with Crippen molar-refractivity contribution < 1.29 is 9.53 Å². The van der Waals surface area contributed by atoms with Crippen LogP contribution in [0.1, 0.15) is 29.0 Å². The van der Waals surface area contributed by atoms with Crippen molar-refractivity contribution in [2.75, 3.05) is 6.54 Å².